The Bertz CT molecular complexity index is 892. The molecule has 2 N–H and O–H groups in total. The van der Waals surface area contributed by atoms with Gasteiger partial charge in [0.2, 0.25) is 0 Å². The van der Waals surface area contributed by atoms with Crippen molar-refractivity contribution in [3.63, 3.8) is 0 Å². The summed E-state index contributed by atoms with van der Waals surface area (Å²) < 4.78 is 19.5. The van der Waals surface area contributed by atoms with Crippen LogP contribution in [0.1, 0.15) is 29.5 Å². The van der Waals surface area contributed by atoms with Gasteiger partial charge in [-0.15, -0.1) is 0 Å². The Morgan fingerprint density at radius 1 is 1.06 bits per heavy atom. The van der Waals surface area contributed by atoms with Crippen molar-refractivity contribution in [3.05, 3.63) is 65.0 Å². The minimum absolute atomic E-state index is 0.0805. The Kier molecular flexibility index (Phi) is 8.86. The average Bonchev–Trinajstić information content (AvgIpc) is 2.78. The largest absolute Gasteiger partial charge is 0.497 e. The Balaban J connectivity index is 1.60. The normalized spacial score (nSPS) is 17.2. The summed E-state index contributed by atoms with van der Waals surface area (Å²) in [4.78, 5) is 4.64. The quantitative estimate of drug-likeness (QED) is 0.636. The lowest BCUT2D eigenvalue weighted by molar-refractivity contribution is 0.0493. The summed E-state index contributed by atoms with van der Waals surface area (Å²) >= 11 is 0. The fourth-order valence-corrected chi connectivity index (χ4v) is 3.91. The number of hydrogen-bond acceptors (Lipinski definition) is 5. The Hall–Kier alpha value is -2.43. The highest BCUT2D eigenvalue weighted by atomic mass is 19.1. The predicted octanol–water partition coefficient (Wildman–Crippen LogP) is 2.64. The molecule has 166 valence electrons. The molecule has 0 unspecified atom stereocenters. The fourth-order valence-electron chi connectivity index (χ4n) is 3.91. The topological polar surface area (TPSA) is 56.2 Å². The first-order chi connectivity index (χ1) is 15.1. The molecule has 0 aromatic heterocycles. The summed E-state index contributed by atoms with van der Waals surface area (Å²) in [7, 11) is 1.53. The maximum atomic E-state index is 14.4. The van der Waals surface area contributed by atoms with Crippen LogP contribution >= 0.6 is 0 Å². The third-order valence-corrected chi connectivity index (χ3v) is 5.61. The molecule has 0 spiro atoms. The molecule has 6 heteroatoms. The fraction of sp³-hybridized carbons (Fsp3) is 0.440. The van der Waals surface area contributed by atoms with Crippen LogP contribution in [0.5, 0.6) is 5.75 Å². The molecular formula is C25H31FN2O3. The van der Waals surface area contributed by atoms with Gasteiger partial charge in [0.1, 0.15) is 11.6 Å². The molecule has 1 saturated heterocycles. The van der Waals surface area contributed by atoms with Crippen molar-refractivity contribution < 1.29 is 19.3 Å². The molecule has 3 rings (SSSR count). The number of ether oxygens (including phenoxy) is 1. The van der Waals surface area contributed by atoms with Gasteiger partial charge in [0.05, 0.1) is 13.7 Å². The molecule has 5 nitrogen and oxygen atoms in total. The van der Waals surface area contributed by atoms with Crippen molar-refractivity contribution in [1.82, 2.24) is 9.80 Å². The molecule has 1 aliphatic heterocycles. The molecule has 2 aromatic rings. The van der Waals surface area contributed by atoms with E-state index in [1.807, 2.05) is 12.1 Å². The van der Waals surface area contributed by atoms with Gasteiger partial charge in [-0.3, -0.25) is 9.80 Å². The van der Waals surface area contributed by atoms with E-state index in [1.165, 1.54) is 18.7 Å². The van der Waals surface area contributed by atoms with E-state index < -0.39 is 0 Å². The van der Waals surface area contributed by atoms with Gasteiger partial charge in [0.25, 0.3) is 0 Å². The van der Waals surface area contributed by atoms with E-state index in [0.29, 0.717) is 30.7 Å². The van der Waals surface area contributed by atoms with Gasteiger partial charge in [-0.25, -0.2) is 4.39 Å². The zero-order chi connectivity index (χ0) is 22.1. The number of aliphatic hydroxyl groups is 2. The van der Waals surface area contributed by atoms with Gasteiger partial charge in [-0.2, -0.15) is 0 Å². The third kappa shape index (κ3) is 6.78. The van der Waals surface area contributed by atoms with Crippen molar-refractivity contribution in [3.8, 4) is 17.6 Å². The zero-order valence-electron chi connectivity index (χ0n) is 18.1. The monoisotopic (exact) mass is 426 g/mol. The molecular weight excluding hydrogens is 395 g/mol. The third-order valence-electron chi connectivity index (χ3n) is 5.61. The minimum atomic E-state index is -0.258. The molecule has 0 radical (unpaired) electrons. The van der Waals surface area contributed by atoms with Gasteiger partial charge >= 0.3 is 0 Å². The molecule has 31 heavy (non-hydrogen) atoms. The van der Waals surface area contributed by atoms with Gasteiger partial charge in [0.15, 0.2) is 0 Å². The van der Waals surface area contributed by atoms with E-state index in [0.717, 1.165) is 31.7 Å². The SMILES string of the molecule is COc1ccc(CN2CCN(Cc3ccc(C#CCCO)cc3)C[C@H]2CCO)c(F)c1. The standard InChI is InChI=1S/C25H31FN2O3/c1-31-24-10-9-22(25(26)16-24)18-28-13-12-27(19-23(28)11-15-30)17-21-7-5-20(6-8-21)4-2-3-14-29/h5-10,16,23,29-30H,3,11-15,17-19H2,1H3/t23-/m1/s1. The maximum absolute atomic E-state index is 14.4. The first-order valence-electron chi connectivity index (χ1n) is 10.7. The maximum Gasteiger partial charge on any atom is 0.131 e. The lowest BCUT2D eigenvalue weighted by Gasteiger charge is -2.41. The summed E-state index contributed by atoms with van der Waals surface area (Å²) in [6, 6.07) is 13.3. The van der Waals surface area contributed by atoms with Gasteiger partial charge in [-0.1, -0.05) is 30.0 Å². The van der Waals surface area contributed by atoms with Crippen LogP contribution in [0.3, 0.4) is 0 Å². The average molecular weight is 427 g/mol. The number of methoxy groups -OCH3 is 1. The molecule has 0 saturated carbocycles. The first kappa shape index (κ1) is 23.2. The van der Waals surface area contributed by atoms with E-state index in [2.05, 4.69) is 33.8 Å². The Morgan fingerprint density at radius 3 is 2.55 bits per heavy atom. The first-order valence-corrected chi connectivity index (χ1v) is 10.7. The van der Waals surface area contributed by atoms with Crippen LogP contribution in [0.4, 0.5) is 4.39 Å². The highest BCUT2D eigenvalue weighted by Gasteiger charge is 2.27. The van der Waals surface area contributed by atoms with Crippen LogP contribution in [0.25, 0.3) is 0 Å². The highest BCUT2D eigenvalue weighted by molar-refractivity contribution is 5.36. The van der Waals surface area contributed by atoms with Crippen LogP contribution in [0.15, 0.2) is 42.5 Å². The van der Waals surface area contributed by atoms with Gasteiger partial charge in [-0.05, 0) is 30.2 Å². The summed E-state index contributed by atoms with van der Waals surface area (Å²) in [5.41, 5.74) is 2.81. The number of rotatable bonds is 8. The molecule has 2 aromatic carbocycles. The number of nitrogens with zero attached hydrogens (tertiary/aromatic N) is 2. The smallest absolute Gasteiger partial charge is 0.131 e. The molecule has 0 bridgehead atoms. The van der Waals surface area contributed by atoms with E-state index >= 15 is 0 Å². The van der Waals surface area contributed by atoms with Gasteiger partial charge < -0.3 is 14.9 Å². The molecule has 1 aliphatic rings. The zero-order valence-corrected chi connectivity index (χ0v) is 18.1. The number of hydrogen-bond donors (Lipinski definition) is 2. The van der Waals surface area contributed by atoms with E-state index in [1.54, 1.807) is 12.1 Å². The van der Waals surface area contributed by atoms with Crippen LogP contribution in [-0.4, -0.2) is 66.0 Å². The summed E-state index contributed by atoms with van der Waals surface area (Å²) in [6.07, 6.45) is 1.15. The van der Waals surface area contributed by atoms with Crippen molar-refractivity contribution in [2.24, 2.45) is 0 Å². The number of aliphatic hydroxyl groups excluding tert-OH is 2. The van der Waals surface area contributed by atoms with E-state index in [9.17, 15) is 9.50 Å². The van der Waals surface area contributed by atoms with Crippen LogP contribution in [-0.2, 0) is 13.1 Å². The molecule has 1 atom stereocenters. The molecule has 1 fully saturated rings. The van der Waals surface area contributed by atoms with E-state index in [-0.39, 0.29) is 25.1 Å². The predicted molar refractivity (Wildman–Crippen MR) is 119 cm³/mol. The number of benzene rings is 2. The number of halogens is 1. The van der Waals surface area contributed by atoms with Crippen molar-refractivity contribution in [1.29, 1.82) is 0 Å². The lowest BCUT2D eigenvalue weighted by atomic mass is 10.1. The van der Waals surface area contributed by atoms with Crippen LogP contribution in [0.2, 0.25) is 0 Å². The van der Waals surface area contributed by atoms with Crippen LogP contribution in [0, 0.1) is 17.7 Å². The van der Waals surface area contributed by atoms with Crippen molar-refractivity contribution in [2.75, 3.05) is 40.0 Å². The molecule has 0 amide bonds. The Morgan fingerprint density at radius 2 is 1.87 bits per heavy atom. The van der Waals surface area contributed by atoms with Crippen LogP contribution < -0.4 is 4.74 Å². The minimum Gasteiger partial charge on any atom is -0.497 e. The van der Waals surface area contributed by atoms with Crippen molar-refractivity contribution >= 4 is 0 Å². The van der Waals surface area contributed by atoms with Gasteiger partial charge in [0, 0.05) is 69.0 Å². The molecule has 0 aliphatic carbocycles. The summed E-state index contributed by atoms with van der Waals surface area (Å²) in [6.45, 7) is 4.08. The van der Waals surface area contributed by atoms with Crippen molar-refractivity contribution in [2.45, 2.75) is 32.0 Å². The summed E-state index contributed by atoms with van der Waals surface area (Å²) in [5.74, 6) is 6.24. The second kappa shape index (κ2) is 11.8. The second-order valence-corrected chi connectivity index (χ2v) is 7.80. The highest BCUT2D eigenvalue weighted by Crippen LogP contribution is 2.22. The lowest BCUT2D eigenvalue weighted by Crippen LogP contribution is -2.52. The van der Waals surface area contributed by atoms with E-state index in [4.69, 9.17) is 9.84 Å². The Labute approximate surface area is 184 Å². The summed E-state index contributed by atoms with van der Waals surface area (Å²) in [5, 5.41) is 18.4. The second-order valence-electron chi connectivity index (χ2n) is 7.80. The molecule has 1 heterocycles. The number of piperazine rings is 1.